The summed E-state index contributed by atoms with van der Waals surface area (Å²) < 4.78 is 10.5. The van der Waals surface area contributed by atoms with E-state index in [0.29, 0.717) is 11.5 Å². The lowest BCUT2D eigenvalue weighted by molar-refractivity contribution is -0.120. The van der Waals surface area contributed by atoms with Crippen LogP contribution < -0.4 is 14.9 Å². The van der Waals surface area contributed by atoms with Crippen molar-refractivity contribution < 1.29 is 14.3 Å². The second-order valence-corrected chi connectivity index (χ2v) is 5.72. The molecule has 0 aliphatic rings. The van der Waals surface area contributed by atoms with E-state index in [1.165, 1.54) is 0 Å². The van der Waals surface area contributed by atoms with Crippen LogP contribution in [0.1, 0.15) is 11.1 Å². The van der Waals surface area contributed by atoms with Gasteiger partial charge in [-0.2, -0.15) is 5.10 Å². The van der Waals surface area contributed by atoms with Gasteiger partial charge in [-0.15, -0.1) is 0 Å². The van der Waals surface area contributed by atoms with Crippen LogP contribution in [-0.4, -0.2) is 26.3 Å². The van der Waals surface area contributed by atoms with Crippen molar-refractivity contribution in [3.05, 3.63) is 71.8 Å². The molecule has 0 aliphatic heterocycles. The Morgan fingerprint density at radius 1 is 1.04 bits per heavy atom. The van der Waals surface area contributed by atoms with Crippen LogP contribution >= 0.6 is 0 Å². The summed E-state index contributed by atoms with van der Waals surface area (Å²) in [5, 5.41) is 6.23. The van der Waals surface area contributed by atoms with Gasteiger partial charge in [-0.05, 0) is 34.5 Å². The Labute approximate surface area is 152 Å². The van der Waals surface area contributed by atoms with Gasteiger partial charge in [-0.1, -0.05) is 42.5 Å². The highest BCUT2D eigenvalue weighted by Crippen LogP contribution is 2.22. The van der Waals surface area contributed by atoms with Gasteiger partial charge in [-0.3, -0.25) is 4.79 Å². The van der Waals surface area contributed by atoms with Crippen LogP contribution in [-0.2, 0) is 11.2 Å². The number of rotatable bonds is 6. The maximum Gasteiger partial charge on any atom is 0.244 e. The topological polar surface area (TPSA) is 59.9 Å². The Kier molecular flexibility index (Phi) is 5.49. The maximum absolute atomic E-state index is 12.2. The fourth-order valence-electron chi connectivity index (χ4n) is 2.77. The van der Waals surface area contributed by atoms with Gasteiger partial charge in [0.2, 0.25) is 5.91 Å². The lowest BCUT2D eigenvalue weighted by Crippen LogP contribution is -2.20. The van der Waals surface area contributed by atoms with Crippen molar-refractivity contribution in [3.8, 4) is 11.5 Å². The van der Waals surface area contributed by atoms with E-state index in [1.807, 2.05) is 42.5 Å². The molecule has 0 aliphatic carbocycles. The Morgan fingerprint density at radius 2 is 1.85 bits per heavy atom. The zero-order chi connectivity index (χ0) is 18.4. The number of ether oxygens (including phenoxy) is 2. The standard InChI is InChI=1S/C21H20N2O3/c1-25-18-10-11-20(26-2)17(12-18)14-22-23-21(24)13-16-8-5-7-15-6-3-4-9-19(15)16/h3-12,14H,13H2,1-2H3,(H,23,24)/b22-14+. The number of fused-ring (bicyclic) bond motifs is 1. The monoisotopic (exact) mass is 348 g/mol. The number of amides is 1. The molecule has 0 bridgehead atoms. The van der Waals surface area contributed by atoms with Gasteiger partial charge in [0, 0.05) is 5.56 Å². The van der Waals surface area contributed by atoms with Gasteiger partial charge < -0.3 is 9.47 Å². The predicted octanol–water partition coefficient (Wildman–Crippen LogP) is 3.55. The summed E-state index contributed by atoms with van der Waals surface area (Å²) in [7, 11) is 3.17. The van der Waals surface area contributed by atoms with E-state index in [-0.39, 0.29) is 12.3 Å². The lowest BCUT2D eigenvalue weighted by Gasteiger charge is -2.07. The van der Waals surface area contributed by atoms with E-state index in [4.69, 9.17) is 9.47 Å². The predicted molar refractivity (Wildman–Crippen MR) is 103 cm³/mol. The highest BCUT2D eigenvalue weighted by atomic mass is 16.5. The molecule has 3 aromatic carbocycles. The number of carbonyl (C=O) groups excluding carboxylic acids is 1. The quantitative estimate of drug-likeness (QED) is 0.547. The van der Waals surface area contributed by atoms with Crippen LogP contribution in [0.3, 0.4) is 0 Å². The van der Waals surface area contributed by atoms with E-state index in [1.54, 1.807) is 38.6 Å². The molecule has 0 unspecified atom stereocenters. The molecule has 0 radical (unpaired) electrons. The van der Waals surface area contributed by atoms with Crippen molar-refractivity contribution in [1.82, 2.24) is 5.43 Å². The van der Waals surface area contributed by atoms with Crippen LogP contribution in [0.25, 0.3) is 10.8 Å². The van der Waals surface area contributed by atoms with Crippen molar-refractivity contribution in [1.29, 1.82) is 0 Å². The smallest absolute Gasteiger partial charge is 0.244 e. The van der Waals surface area contributed by atoms with Crippen LogP contribution in [0.2, 0.25) is 0 Å². The van der Waals surface area contributed by atoms with Crippen LogP contribution in [0.5, 0.6) is 11.5 Å². The SMILES string of the molecule is COc1ccc(OC)c(/C=N/NC(=O)Cc2cccc3ccccc23)c1. The van der Waals surface area contributed by atoms with Gasteiger partial charge >= 0.3 is 0 Å². The summed E-state index contributed by atoms with van der Waals surface area (Å²) in [6.07, 6.45) is 1.80. The van der Waals surface area contributed by atoms with Gasteiger partial charge in [0.15, 0.2) is 0 Å². The summed E-state index contributed by atoms with van der Waals surface area (Å²) in [6.45, 7) is 0. The highest BCUT2D eigenvalue weighted by Gasteiger charge is 2.07. The van der Waals surface area contributed by atoms with E-state index in [9.17, 15) is 4.79 Å². The van der Waals surface area contributed by atoms with Crippen LogP contribution in [0.15, 0.2) is 65.8 Å². The molecule has 3 aromatic rings. The number of carbonyl (C=O) groups is 1. The third kappa shape index (κ3) is 4.00. The zero-order valence-corrected chi connectivity index (χ0v) is 14.7. The first-order valence-corrected chi connectivity index (χ1v) is 8.22. The van der Waals surface area contributed by atoms with E-state index in [2.05, 4.69) is 10.5 Å². The average Bonchev–Trinajstić information content (AvgIpc) is 2.68. The number of nitrogens with zero attached hydrogens (tertiary/aromatic N) is 1. The van der Waals surface area contributed by atoms with Crippen molar-refractivity contribution in [2.45, 2.75) is 6.42 Å². The minimum atomic E-state index is -0.181. The first kappa shape index (κ1) is 17.5. The summed E-state index contributed by atoms with van der Waals surface area (Å²) in [6, 6.07) is 19.3. The van der Waals surface area contributed by atoms with E-state index < -0.39 is 0 Å². The molecule has 0 saturated carbocycles. The Morgan fingerprint density at radius 3 is 2.65 bits per heavy atom. The molecule has 5 heteroatoms. The largest absolute Gasteiger partial charge is 0.497 e. The fourth-order valence-corrected chi connectivity index (χ4v) is 2.77. The zero-order valence-electron chi connectivity index (χ0n) is 14.7. The van der Waals surface area contributed by atoms with Crippen molar-refractivity contribution in [3.63, 3.8) is 0 Å². The number of methoxy groups -OCH3 is 2. The summed E-state index contributed by atoms with van der Waals surface area (Å²) in [5.41, 5.74) is 4.25. The number of benzene rings is 3. The van der Waals surface area contributed by atoms with Crippen LogP contribution in [0, 0.1) is 0 Å². The summed E-state index contributed by atoms with van der Waals surface area (Å²) in [4.78, 5) is 12.2. The number of hydrogen-bond donors (Lipinski definition) is 1. The molecule has 0 aromatic heterocycles. The van der Waals surface area contributed by atoms with Gasteiger partial charge in [-0.25, -0.2) is 5.43 Å². The molecule has 0 fully saturated rings. The molecule has 26 heavy (non-hydrogen) atoms. The summed E-state index contributed by atoms with van der Waals surface area (Å²) >= 11 is 0. The molecular weight excluding hydrogens is 328 g/mol. The van der Waals surface area contributed by atoms with Gasteiger partial charge in [0.25, 0.3) is 0 Å². The van der Waals surface area contributed by atoms with Crippen molar-refractivity contribution >= 4 is 22.9 Å². The average molecular weight is 348 g/mol. The van der Waals surface area contributed by atoms with Gasteiger partial charge in [0.1, 0.15) is 11.5 Å². The normalized spacial score (nSPS) is 10.8. The second kappa shape index (κ2) is 8.16. The number of hydrogen-bond acceptors (Lipinski definition) is 4. The van der Waals surface area contributed by atoms with Crippen LogP contribution in [0.4, 0.5) is 0 Å². The Hall–Kier alpha value is -3.34. The second-order valence-electron chi connectivity index (χ2n) is 5.72. The van der Waals surface area contributed by atoms with Gasteiger partial charge in [0.05, 0.1) is 26.9 Å². The maximum atomic E-state index is 12.2. The first-order valence-electron chi connectivity index (χ1n) is 8.22. The minimum absolute atomic E-state index is 0.181. The number of nitrogens with one attached hydrogen (secondary N) is 1. The Balaban J connectivity index is 1.70. The molecule has 1 amide bonds. The molecule has 0 saturated heterocycles. The van der Waals surface area contributed by atoms with Crippen molar-refractivity contribution in [2.75, 3.05) is 14.2 Å². The van der Waals surface area contributed by atoms with E-state index in [0.717, 1.165) is 21.9 Å². The molecule has 132 valence electrons. The molecule has 3 rings (SSSR count). The molecule has 0 heterocycles. The third-order valence-corrected chi connectivity index (χ3v) is 4.06. The van der Waals surface area contributed by atoms with Crippen molar-refractivity contribution in [2.24, 2.45) is 5.10 Å². The molecule has 1 N–H and O–H groups in total. The third-order valence-electron chi connectivity index (χ3n) is 4.06. The molecule has 0 spiro atoms. The molecular formula is C21H20N2O3. The number of hydrazone groups is 1. The summed E-state index contributed by atoms with van der Waals surface area (Å²) in [5.74, 6) is 1.16. The lowest BCUT2D eigenvalue weighted by atomic mass is 10.0. The molecule has 0 atom stereocenters. The first-order chi connectivity index (χ1) is 12.7. The minimum Gasteiger partial charge on any atom is -0.497 e. The molecule has 5 nitrogen and oxygen atoms in total. The van der Waals surface area contributed by atoms with E-state index >= 15 is 0 Å². The fraction of sp³-hybridized carbons (Fsp3) is 0.143. The highest BCUT2D eigenvalue weighted by molar-refractivity contribution is 5.91. The Bertz CT molecular complexity index is 946.